The van der Waals surface area contributed by atoms with Crippen LogP contribution in [0.15, 0.2) is 53.9 Å². The Morgan fingerprint density at radius 1 is 1.15 bits per heavy atom. The van der Waals surface area contributed by atoms with E-state index in [0.29, 0.717) is 18.4 Å². The van der Waals surface area contributed by atoms with Gasteiger partial charge in [-0.15, -0.1) is 10.2 Å². The summed E-state index contributed by atoms with van der Waals surface area (Å²) in [5.41, 5.74) is 1.93. The van der Waals surface area contributed by atoms with Crippen molar-refractivity contribution in [1.82, 2.24) is 19.7 Å². The van der Waals surface area contributed by atoms with E-state index in [4.69, 9.17) is 14.2 Å². The number of amides is 1. The van der Waals surface area contributed by atoms with Gasteiger partial charge < -0.3 is 19.1 Å². The Morgan fingerprint density at radius 2 is 2.00 bits per heavy atom. The predicted molar refractivity (Wildman–Crippen MR) is 124 cm³/mol. The lowest BCUT2D eigenvalue weighted by molar-refractivity contribution is -0.129. The van der Waals surface area contributed by atoms with Crippen molar-refractivity contribution in [1.29, 1.82) is 0 Å². The van der Waals surface area contributed by atoms with Gasteiger partial charge in [0.05, 0.1) is 37.8 Å². The van der Waals surface area contributed by atoms with Crippen molar-refractivity contribution in [2.24, 2.45) is 0 Å². The van der Waals surface area contributed by atoms with E-state index in [-0.39, 0.29) is 17.7 Å². The fourth-order valence-corrected chi connectivity index (χ4v) is 5.13. The number of carbonyl (C=O) groups is 1. The van der Waals surface area contributed by atoms with Gasteiger partial charge in [-0.3, -0.25) is 9.36 Å². The Bertz CT molecular complexity index is 1140. The fourth-order valence-electron chi connectivity index (χ4n) is 4.32. The maximum absolute atomic E-state index is 13.2. The van der Waals surface area contributed by atoms with Gasteiger partial charge in [0, 0.05) is 13.0 Å². The highest BCUT2D eigenvalue weighted by Gasteiger charge is 2.31. The maximum Gasteiger partial charge on any atom is 0.233 e. The second kappa shape index (κ2) is 9.74. The molecule has 1 atom stereocenters. The van der Waals surface area contributed by atoms with E-state index in [0.717, 1.165) is 54.3 Å². The Hall–Kier alpha value is -3.20. The number of rotatable bonds is 6. The third kappa shape index (κ3) is 4.50. The van der Waals surface area contributed by atoms with Gasteiger partial charge >= 0.3 is 0 Å². The standard InChI is InChI=1S/C24H26N4O4S/c1-30-20-8-3-2-6-19(20)28-16-25-26-24(28)33-15-23(29)27-11-4-7-18(27)17-9-10-21-22(14-17)32-13-5-12-31-21/h2-3,6,8-10,14,16,18H,4-5,7,11-13,15H2,1H3/t18-/m1/s1. The topological polar surface area (TPSA) is 78.7 Å². The van der Waals surface area contributed by atoms with Crippen molar-refractivity contribution in [2.45, 2.75) is 30.5 Å². The van der Waals surface area contributed by atoms with Crippen LogP contribution in [0.4, 0.5) is 0 Å². The molecule has 1 saturated heterocycles. The molecule has 2 aliphatic rings. The second-order valence-corrected chi connectivity index (χ2v) is 8.89. The second-order valence-electron chi connectivity index (χ2n) is 7.95. The normalized spacial score (nSPS) is 17.6. The van der Waals surface area contributed by atoms with Gasteiger partial charge in [0.2, 0.25) is 5.91 Å². The van der Waals surface area contributed by atoms with Crippen LogP contribution < -0.4 is 14.2 Å². The van der Waals surface area contributed by atoms with Crippen molar-refractivity contribution in [3.63, 3.8) is 0 Å². The first-order valence-corrected chi connectivity index (χ1v) is 12.1. The van der Waals surface area contributed by atoms with Crippen molar-refractivity contribution < 1.29 is 19.0 Å². The molecule has 172 valence electrons. The van der Waals surface area contributed by atoms with E-state index in [2.05, 4.69) is 16.3 Å². The van der Waals surface area contributed by atoms with Gasteiger partial charge in [-0.2, -0.15) is 0 Å². The lowest BCUT2D eigenvalue weighted by atomic mass is 10.0. The Labute approximate surface area is 196 Å². The predicted octanol–water partition coefficient (Wildman–Crippen LogP) is 3.89. The molecule has 3 heterocycles. The molecule has 0 N–H and O–H groups in total. The number of aromatic nitrogens is 3. The van der Waals surface area contributed by atoms with Crippen molar-refractivity contribution in [2.75, 3.05) is 32.6 Å². The molecule has 3 aromatic rings. The summed E-state index contributed by atoms with van der Waals surface area (Å²) in [6, 6.07) is 13.8. The third-order valence-electron chi connectivity index (χ3n) is 5.92. The number of nitrogens with zero attached hydrogens (tertiary/aromatic N) is 4. The molecule has 9 heteroatoms. The average Bonchev–Trinajstić information content (AvgIpc) is 3.47. The van der Waals surface area contributed by atoms with Crippen LogP contribution in [-0.2, 0) is 4.79 Å². The Balaban J connectivity index is 1.29. The van der Waals surface area contributed by atoms with Crippen LogP contribution >= 0.6 is 11.8 Å². The minimum absolute atomic E-state index is 0.0438. The molecule has 1 aromatic heterocycles. The van der Waals surface area contributed by atoms with Crippen LogP contribution in [0, 0.1) is 0 Å². The lowest BCUT2D eigenvalue weighted by Crippen LogP contribution is -2.32. The first kappa shape index (κ1) is 21.6. The van der Waals surface area contributed by atoms with E-state index in [1.807, 2.05) is 45.9 Å². The minimum atomic E-state index is 0.0438. The molecule has 0 bridgehead atoms. The van der Waals surface area contributed by atoms with Crippen molar-refractivity contribution in [3.05, 3.63) is 54.4 Å². The van der Waals surface area contributed by atoms with Gasteiger partial charge in [0.1, 0.15) is 12.1 Å². The molecule has 33 heavy (non-hydrogen) atoms. The van der Waals surface area contributed by atoms with Gasteiger partial charge in [0.25, 0.3) is 0 Å². The number of hydrogen-bond donors (Lipinski definition) is 0. The highest BCUT2D eigenvalue weighted by atomic mass is 32.2. The minimum Gasteiger partial charge on any atom is -0.495 e. The first-order valence-electron chi connectivity index (χ1n) is 11.1. The zero-order valence-corrected chi connectivity index (χ0v) is 19.3. The number of para-hydroxylation sites is 2. The Morgan fingerprint density at radius 3 is 2.88 bits per heavy atom. The van der Waals surface area contributed by atoms with Crippen LogP contribution in [0.25, 0.3) is 5.69 Å². The molecule has 0 unspecified atom stereocenters. The smallest absolute Gasteiger partial charge is 0.233 e. The summed E-state index contributed by atoms with van der Waals surface area (Å²) in [4.78, 5) is 15.2. The summed E-state index contributed by atoms with van der Waals surface area (Å²) in [7, 11) is 1.63. The van der Waals surface area contributed by atoms with Gasteiger partial charge in [0.15, 0.2) is 16.7 Å². The van der Waals surface area contributed by atoms with Crippen molar-refractivity contribution in [3.8, 4) is 22.9 Å². The first-order chi connectivity index (χ1) is 16.2. The van der Waals surface area contributed by atoms with Gasteiger partial charge in [-0.1, -0.05) is 30.0 Å². The van der Waals surface area contributed by atoms with Gasteiger partial charge in [-0.25, -0.2) is 0 Å². The highest BCUT2D eigenvalue weighted by Crippen LogP contribution is 2.38. The van der Waals surface area contributed by atoms with Crippen LogP contribution in [0.2, 0.25) is 0 Å². The zero-order chi connectivity index (χ0) is 22.6. The number of ether oxygens (including phenoxy) is 3. The molecule has 0 radical (unpaired) electrons. The summed E-state index contributed by atoms with van der Waals surface area (Å²) in [6.07, 6.45) is 4.43. The largest absolute Gasteiger partial charge is 0.495 e. The van der Waals surface area contributed by atoms with E-state index in [1.54, 1.807) is 13.4 Å². The maximum atomic E-state index is 13.2. The number of methoxy groups -OCH3 is 1. The molecule has 8 nitrogen and oxygen atoms in total. The zero-order valence-electron chi connectivity index (χ0n) is 18.5. The highest BCUT2D eigenvalue weighted by molar-refractivity contribution is 7.99. The Kier molecular flexibility index (Phi) is 6.39. The molecule has 0 saturated carbocycles. The molecule has 5 rings (SSSR count). The lowest BCUT2D eigenvalue weighted by Gasteiger charge is -2.25. The third-order valence-corrected chi connectivity index (χ3v) is 6.84. The van der Waals surface area contributed by atoms with Crippen molar-refractivity contribution >= 4 is 17.7 Å². The summed E-state index contributed by atoms with van der Waals surface area (Å²) in [5.74, 6) is 2.64. The van der Waals surface area contributed by atoms with Crippen LogP contribution in [0.1, 0.15) is 30.9 Å². The van der Waals surface area contributed by atoms with E-state index in [9.17, 15) is 4.79 Å². The molecule has 0 aliphatic carbocycles. The summed E-state index contributed by atoms with van der Waals surface area (Å²) in [5, 5.41) is 8.92. The SMILES string of the molecule is COc1ccccc1-n1cnnc1SCC(=O)N1CCC[C@@H]1c1ccc2c(c1)OCCCO2. The molecule has 0 spiro atoms. The van der Waals surface area contributed by atoms with E-state index >= 15 is 0 Å². The number of thioether (sulfide) groups is 1. The monoisotopic (exact) mass is 466 g/mol. The van der Waals surface area contributed by atoms with Gasteiger partial charge in [-0.05, 0) is 42.7 Å². The average molecular weight is 467 g/mol. The summed E-state index contributed by atoms with van der Waals surface area (Å²) < 4.78 is 18.9. The van der Waals surface area contributed by atoms with Crippen LogP contribution in [-0.4, -0.2) is 58.2 Å². The van der Waals surface area contributed by atoms with Crippen LogP contribution in [0.3, 0.4) is 0 Å². The number of likely N-dealkylation sites (tertiary alicyclic amines) is 1. The summed E-state index contributed by atoms with van der Waals surface area (Å²) in [6.45, 7) is 2.06. The molecule has 2 aliphatic heterocycles. The van der Waals surface area contributed by atoms with E-state index in [1.165, 1.54) is 11.8 Å². The van der Waals surface area contributed by atoms with E-state index < -0.39 is 0 Å². The number of benzene rings is 2. The molecule has 1 fully saturated rings. The quantitative estimate of drug-likeness (QED) is 0.510. The molecule has 1 amide bonds. The van der Waals surface area contributed by atoms with Crippen LogP contribution in [0.5, 0.6) is 17.2 Å². The number of fused-ring (bicyclic) bond motifs is 1. The number of carbonyl (C=O) groups excluding carboxylic acids is 1. The summed E-state index contributed by atoms with van der Waals surface area (Å²) >= 11 is 1.38. The molecular weight excluding hydrogens is 440 g/mol. The molecule has 2 aromatic carbocycles. The fraction of sp³-hybridized carbons (Fsp3) is 0.375. The molecular formula is C24H26N4O4S. The number of hydrogen-bond acceptors (Lipinski definition) is 7.